The second kappa shape index (κ2) is 12.8. The molecule has 1 N–H and O–H groups in total. The number of pyridine rings is 1. The molecule has 2 aromatic heterocycles. The average Bonchev–Trinajstić information content (AvgIpc) is 3.42. The number of carbonyl (C=O) groups is 1. The molecule has 1 aromatic carbocycles. The SMILES string of the molecule is COc1ccc2nccc(C(F)CC[C@@H]3CCN(CCCCc4ncco4)C[C@@H]3CCC(=O)O)c2c1. The first-order chi connectivity index (χ1) is 17.5. The van der Waals surface area contributed by atoms with Crippen molar-refractivity contribution in [3.05, 3.63) is 54.4 Å². The summed E-state index contributed by atoms with van der Waals surface area (Å²) in [4.78, 5) is 22.2. The van der Waals surface area contributed by atoms with Crippen LogP contribution in [0.5, 0.6) is 5.75 Å². The summed E-state index contributed by atoms with van der Waals surface area (Å²) < 4.78 is 26.1. The second-order valence-electron chi connectivity index (χ2n) is 9.75. The summed E-state index contributed by atoms with van der Waals surface area (Å²) in [6.07, 6.45) is 9.65. The Kier molecular flexibility index (Phi) is 9.28. The zero-order chi connectivity index (χ0) is 25.3. The lowest BCUT2D eigenvalue weighted by atomic mass is 9.79. The summed E-state index contributed by atoms with van der Waals surface area (Å²) >= 11 is 0. The van der Waals surface area contributed by atoms with E-state index in [9.17, 15) is 9.90 Å². The van der Waals surface area contributed by atoms with Gasteiger partial charge in [-0.15, -0.1) is 0 Å². The molecule has 3 heterocycles. The normalized spacial score (nSPS) is 19.4. The lowest BCUT2D eigenvalue weighted by molar-refractivity contribution is -0.137. The summed E-state index contributed by atoms with van der Waals surface area (Å²) in [5.41, 5.74) is 1.40. The number of likely N-dealkylation sites (tertiary alicyclic amines) is 1. The first-order valence-electron chi connectivity index (χ1n) is 12.9. The van der Waals surface area contributed by atoms with Crippen molar-refractivity contribution in [2.24, 2.45) is 11.8 Å². The third kappa shape index (κ3) is 7.03. The van der Waals surface area contributed by atoms with E-state index in [2.05, 4.69) is 14.9 Å². The predicted molar refractivity (Wildman–Crippen MR) is 136 cm³/mol. The number of carboxylic acid groups (broad SMARTS) is 1. The van der Waals surface area contributed by atoms with E-state index in [0.29, 0.717) is 30.1 Å². The molecule has 36 heavy (non-hydrogen) atoms. The number of alkyl halides is 1. The molecule has 1 fully saturated rings. The van der Waals surface area contributed by atoms with Crippen LogP contribution >= 0.6 is 0 Å². The molecular weight excluding hydrogens is 461 g/mol. The molecule has 3 aromatic rings. The van der Waals surface area contributed by atoms with Crippen molar-refractivity contribution < 1.29 is 23.4 Å². The number of benzene rings is 1. The van der Waals surface area contributed by atoms with Crippen LogP contribution in [0, 0.1) is 11.8 Å². The fourth-order valence-electron chi connectivity index (χ4n) is 5.43. The van der Waals surface area contributed by atoms with Crippen LogP contribution in [-0.2, 0) is 11.2 Å². The largest absolute Gasteiger partial charge is 0.497 e. The number of piperidine rings is 1. The van der Waals surface area contributed by atoms with Crippen molar-refractivity contribution in [1.29, 1.82) is 0 Å². The Balaban J connectivity index is 1.33. The zero-order valence-corrected chi connectivity index (χ0v) is 20.9. The second-order valence-corrected chi connectivity index (χ2v) is 9.75. The summed E-state index contributed by atoms with van der Waals surface area (Å²) in [7, 11) is 1.60. The molecule has 8 heteroatoms. The maximum absolute atomic E-state index is 15.5. The number of fused-ring (bicyclic) bond motifs is 1. The van der Waals surface area contributed by atoms with Gasteiger partial charge in [0.25, 0.3) is 0 Å². The van der Waals surface area contributed by atoms with Gasteiger partial charge in [-0.3, -0.25) is 9.78 Å². The van der Waals surface area contributed by atoms with Crippen LogP contribution in [0.25, 0.3) is 10.9 Å². The van der Waals surface area contributed by atoms with Gasteiger partial charge in [-0.05, 0) is 93.3 Å². The number of carboxylic acids is 1. The molecule has 3 atom stereocenters. The van der Waals surface area contributed by atoms with E-state index in [0.717, 1.165) is 68.5 Å². The molecule has 0 bridgehead atoms. The molecule has 4 rings (SSSR count). The molecule has 0 aliphatic carbocycles. The molecule has 1 aliphatic rings. The number of aromatic nitrogens is 2. The monoisotopic (exact) mass is 497 g/mol. The number of nitrogens with zero attached hydrogens (tertiary/aromatic N) is 3. The van der Waals surface area contributed by atoms with Crippen LogP contribution < -0.4 is 4.74 Å². The van der Waals surface area contributed by atoms with Gasteiger partial charge in [-0.1, -0.05) is 0 Å². The maximum atomic E-state index is 15.5. The van der Waals surface area contributed by atoms with E-state index in [1.54, 1.807) is 31.8 Å². The number of aliphatic carboxylic acids is 1. The van der Waals surface area contributed by atoms with Gasteiger partial charge in [-0.25, -0.2) is 9.37 Å². The van der Waals surface area contributed by atoms with Crippen LogP contribution in [0.4, 0.5) is 4.39 Å². The molecule has 1 saturated heterocycles. The molecule has 0 radical (unpaired) electrons. The lowest BCUT2D eigenvalue weighted by Gasteiger charge is -2.39. The highest BCUT2D eigenvalue weighted by Gasteiger charge is 2.30. The molecule has 194 valence electrons. The minimum absolute atomic E-state index is 0.160. The molecule has 7 nitrogen and oxygen atoms in total. The van der Waals surface area contributed by atoms with Crippen LogP contribution in [-0.4, -0.2) is 52.7 Å². The van der Waals surface area contributed by atoms with Gasteiger partial charge in [0.2, 0.25) is 0 Å². The van der Waals surface area contributed by atoms with Gasteiger partial charge >= 0.3 is 5.97 Å². The van der Waals surface area contributed by atoms with Crippen molar-refractivity contribution in [2.75, 3.05) is 26.7 Å². The van der Waals surface area contributed by atoms with Crippen molar-refractivity contribution in [3.63, 3.8) is 0 Å². The highest BCUT2D eigenvalue weighted by molar-refractivity contribution is 5.83. The minimum atomic E-state index is -1.10. The molecule has 0 saturated carbocycles. The van der Waals surface area contributed by atoms with E-state index < -0.39 is 12.1 Å². The van der Waals surface area contributed by atoms with Crippen LogP contribution in [0.3, 0.4) is 0 Å². The quantitative estimate of drug-likeness (QED) is 0.296. The number of oxazole rings is 1. The number of unbranched alkanes of at least 4 members (excludes halogenated alkanes) is 1. The first-order valence-corrected chi connectivity index (χ1v) is 12.9. The van der Waals surface area contributed by atoms with E-state index in [4.69, 9.17) is 9.15 Å². The van der Waals surface area contributed by atoms with Gasteiger partial charge in [-0.2, -0.15) is 0 Å². The smallest absolute Gasteiger partial charge is 0.303 e. The first kappa shape index (κ1) is 26.1. The highest BCUT2D eigenvalue weighted by Crippen LogP contribution is 2.36. The van der Waals surface area contributed by atoms with Gasteiger partial charge in [0.05, 0.1) is 18.8 Å². The van der Waals surface area contributed by atoms with Gasteiger partial charge in [0, 0.05) is 31.0 Å². The van der Waals surface area contributed by atoms with Crippen LogP contribution in [0.2, 0.25) is 0 Å². The minimum Gasteiger partial charge on any atom is -0.497 e. The van der Waals surface area contributed by atoms with E-state index in [-0.39, 0.29) is 12.3 Å². The summed E-state index contributed by atoms with van der Waals surface area (Å²) in [6, 6.07) is 7.30. The Morgan fingerprint density at radius 1 is 1.22 bits per heavy atom. The van der Waals surface area contributed by atoms with E-state index in [1.807, 2.05) is 18.2 Å². The molecule has 1 aliphatic heterocycles. The number of hydrogen-bond acceptors (Lipinski definition) is 6. The van der Waals surface area contributed by atoms with Crippen LogP contribution in [0.1, 0.15) is 62.6 Å². The average molecular weight is 498 g/mol. The van der Waals surface area contributed by atoms with Gasteiger partial charge in [0.1, 0.15) is 18.2 Å². The Hall–Kier alpha value is -3.00. The fourth-order valence-corrected chi connectivity index (χ4v) is 5.43. The Bertz CT molecular complexity index is 1110. The zero-order valence-electron chi connectivity index (χ0n) is 20.9. The molecule has 0 spiro atoms. The number of ether oxygens (including phenoxy) is 1. The Morgan fingerprint density at radius 3 is 2.89 bits per heavy atom. The summed E-state index contributed by atoms with van der Waals surface area (Å²) in [6.45, 7) is 2.83. The molecule has 0 amide bonds. The lowest BCUT2D eigenvalue weighted by Crippen LogP contribution is -2.41. The number of methoxy groups -OCH3 is 1. The Labute approximate surface area is 211 Å². The maximum Gasteiger partial charge on any atom is 0.303 e. The third-order valence-corrected chi connectivity index (χ3v) is 7.41. The standard InChI is InChI=1S/C28H36FN3O4/c1-35-22-7-9-26-24(18-22)23(11-13-30-26)25(29)8-5-20-12-16-32(19-21(20)6-10-28(33)34)15-3-2-4-27-31-14-17-36-27/h7,9,11,13-14,17-18,20-21,25H,2-6,8,10,12,15-16,19H2,1H3,(H,33,34)/t20-,21+,25?/m1/s1. The van der Waals surface area contributed by atoms with Crippen molar-refractivity contribution in [1.82, 2.24) is 14.9 Å². The predicted octanol–water partition coefficient (Wildman–Crippen LogP) is 5.85. The van der Waals surface area contributed by atoms with Crippen molar-refractivity contribution in [2.45, 2.75) is 57.5 Å². The van der Waals surface area contributed by atoms with Crippen molar-refractivity contribution in [3.8, 4) is 5.75 Å². The highest BCUT2D eigenvalue weighted by atomic mass is 19.1. The number of rotatable bonds is 13. The van der Waals surface area contributed by atoms with Crippen LogP contribution in [0.15, 0.2) is 47.3 Å². The van der Waals surface area contributed by atoms with Gasteiger partial charge < -0.3 is 19.2 Å². The number of halogens is 1. The Morgan fingerprint density at radius 2 is 2.11 bits per heavy atom. The van der Waals surface area contributed by atoms with E-state index >= 15 is 4.39 Å². The van der Waals surface area contributed by atoms with Gasteiger partial charge in [0.15, 0.2) is 5.89 Å². The topological polar surface area (TPSA) is 88.7 Å². The summed E-state index contributed by atoms with van der Waals surface area (Å²) in [5, 5.41) is 10.0. The fraction of sp³-hybridized carbons (Fsp3) is 0.536. The number of aryl methyl sites for hydroxylation is 1. The third-order valence-electron chi connectivity index (χ3n) is 7.41. The number of hydrogen-bond donors (Lipinski definition) is 1. The molecular formula is C28H36FN3O4. The molecule has 1 unspecified atom stereocenters. The van der Waals surface area contributed by atoms with E-state index in [1.165, 1.54) is 0 Å². The van der Waals surface area contributed by atoms with Crippen molar-refractivity contribution >= 4 is 16.9 Å². The summed E-state index contributed by atoms with van der Waals surface area (Å²) in [5.74, 6) is 1.29.